The summed E-state index contributed by atoms with van der Waals surface area (Å²) in [5.41, 5.74) is -1.11. The van der Waals surface area contributed by atoms with Gasteiger partial charge in [-0.25, -0.2) is 0 Å². The highest BCUT2D eigenvalue weighted by Crippen LogP contribution is 2.11. The van der Waals surface area contributed by atoms with Crippen LogP contribution in [0.25, 0.3) is 0 Å². The molecule has 0 aromatic carbocycles. The summed E-state index contributed by atoms with van der Waals surface area (Å²) >= 11 is 1.22. The van der Waals surface area contributed by atoms with E-state index in [2.05, 4.69) is 0 Å². The molecular formula is C4H7NS. The molecule has 0 aromatic heterocycles. The highest BCUT2D eigenvalue weighted by Gasteiger charge is 2.03. The van der Waals surface area contributed by atoms with Crippen LogP contribution >= 0.6 is 11.8 Å². The predicted octanol–water partition coefficient (Wildman–Crippen LogP) is 1.14. The minimum Gasteiger partial charge on any atom is -0.309 e. The normalized spacial score (nSPS) is 35.7. The maximum atomic E-state index is 7.10. The molecule has 6 heavy (non-hydrogen) atoms. The lowest BCUT2D eigenvalue weighted by molar-refractivity contribution is 1.29. The van der Waals surface area contributed by atoms with Gasteiger partial charge in [-0.05, 0) is 12.2 Å². The molecule has 1 saturated heterocycles. The molecule has 1 aliphatic heterocycles. The summed E-state index contributed by atoms with van der Waals surface area (Å²) in [5, 5.41) is 7.06. The third-order valence-electron chi connectivity index (χ3n) is 0.649. The summed E-state index contributed by atoms with van der Waals surface area (Å²) in [6.07, 6.45) is 0.623. The standard InChI is InChI=1S/C4H7NS/c5-4-1-2-6-3-4/h5H,1-3H2/i3D2. The zero-order valence-corrected chi connectivity index (χ0v) is 4.14. The number of hydrogen-bond donors (Lipinski definition) is 1. The van der Waals surface area contributed by atoms with Crippen molar-refractivity contribution in [1.82, 2.24) is 0 Å². The van der Waals surface area contributed by atoms with Gasteiger partial charge in [0.05, 0.1) is 0 Å². The lowest BCUT2D eigenvalue weighted by atomic mass is 10.3. The van der Waals surface area contributed by atoms with Crippen LogP contribution in [0.15, 0.2) is 0 Å². The topological polar surface area (TPSA) is 23.9 Å². The molecule has 0 bridgehead atoms. The van der Waals surface area contributed by atoms with Gasteiger partial charge in [-0.2, -0.15) is 11.8 Å². The lowest BCUT2D eigenvalue weighted by Crippen LogP contribution is -1.87. The third-order valence-corrected chi connectivity index (χ3v) is 1.45. The fraction of sp³-hybridized carbons (Fsp3) is 0.750. The van der Waals surface area contributed by atoms with Gasteiger partial charge in [-0.1, -0.05) is 0 Å². The van der Waals surface area contributed by atoms with Crippen molar-refractivity contribution in [2.45, 2.75) is 6.42 Å². The highest BCUT2D eigenvalue weighted by atomic mass is 32.2. The summed E-state index contributed by atoms with van der Waals surface area (Å²) in [4.78, 5) is 0. The average molecular weight is 103 g/mol. The van der Waals surface area contributed by atoms with Crippen molar-refractivity contribution in [3.05, 3.63) is 0 Å². The van der Waals surface area contributed by atoms with Crippen LogP contribution in [-0.4, -0.2) is 17.2 Å². The molecule has 0 atom stereocenters. The van der Waals surface area contributed by atoms with Crippen LogP contribution < -0.4 is 0 Å². The van der Waals surface area contributed by atoms with E-state index in [4.69, 9.17) is 8.15 Å². The van der Waals surface area contributed by atoms with Gasteiger partial charge in [-0.15, -0.1) is 0 Å². The van der Waals surface area contributed by atoms with E-state index in [0.29, 0.717) is 6.42 Å². The van der Waals surface area contributed by atoms with Crippen LogP contribution in [0, 0.1) is 5.41 Å². The SMILES string of the molecule is [2H]C1([2H])SCCC1=N. The second kappa shape index (κ2) is 1.65. The summed E-state index contributed by atoms with van der Waals surface area (Å²) in [6.45, 7) is 0. The van der Waals surface area contributed by atoms with E-state index in [1.54, 1.807) is 0 Å². The fourth-order valence-corrected chi connectivity index (χ4v) is 1.03. The Morgan fingerprint density at radius 2 is 2.83 bits per heavy atom. The Balaban J connectivity index is 2.68. The van der Waals surface area contributed by atoms with E-state index in [1.165, 1.54) is 11.8 Å². The summed E-state index contributed by atoms with van der Waals surface area (Å²) in [5.74, 6) is 0.770. The second-order valence-corrected chi connectivity index (χ2v) is 2.08. The molecule has 1 heterocycles. The van der Waals surface area contributed by atoms with Crippen molar-refractivity contribution in [1.29, 1.82) is 5.41 Å². The zero-order valence-electron chi connectivity index (χ0n) is 5.32. The van der Waals surface area contributed by atoms with Crippen molar-refractivity contribution in [2.75, 3.05) is 11.5 Å². The van der Waals surface area contributed by atoms with Gasteiger partial charge in [0.1, 0.15) is 0 Å². The number of thioether (sulfide) groups is 1. The first-order valence-electron chi connectivity index (χ1n) is 2.85. The van der Waals surface area contributed by atoms with Crippen molar-refractivity contribution in [3.8, 4) is 0 Å². The van der Waals surface area contributed by atoms with Gasteiger partial charge in [0.25, 0.3) is 0 Å². The maximum absolute atomic E-state index is 7.10. The van der Waals surface area contributed by atoms with Gasteiger partial charge in [-0.3, -0.25) is 0 Å². The number of rotatable bonds is 0. The highest BCUT2D eigenvalue weighted by molar-refractivity contribution is 8.00. The molecule has 0 aliphatic carbocycles. The van der Waals surface area contributed by atoms with E-state index < -0.39 is 5.70 Å². The van der Waals surface area contributed by atoms with E-state index in [0.717, 1.165) is 5.75 Å². The van der Waals surface area contributed by atoms with Crippen LogP contribution in [0.2, 0.25) is 0 Å². The molecule has 0 unspecified atom stereocenters. The van der Waals surface area contributed by atoms with Gasteiger partial charge < -0.3 is 5.41 Å². The largest absolute Gasteiger partial charge is 0.309 e. The van der Waals surface area contributed by atoms with Gasteiger partial charge >= 0.3 is 0 Å². The molecule has 1 rings (SSSR count). The first kappa shape index (κ1) is 2.36. The predicted molar refractivity (Wildman–Crippen MR) is 29.7 cm³/mol. The van der Waals surface area contributed by atoms with Gasteiger partial charge in [0.2, 0.25) is 0 Å². The van der Waals surface area contributed by atoms with Gasteiger partial charge in [0, 0.05) is 14.2 Å². The second-order valence-electron chi connectivity index (χ2n) is 1.18. The minimum absolute atomic E-state index is 0.238. The minimum atomic E-state index is -1.35. The lowest BCUT2D eigenvalue weighted by Gasteiger charge is -1.76. The molecule has 0 radical (unpaired) electrons. The molecule has 34 valence electrons. The molecule has 2 heteroatoms. The number of nitrogens with one attached hydrogen (secondary N) is 1. The van der Waals surface area contributed by atoms with Crippen LogP contribution in [0.3, 0.4) is 0 Å². The molecule has 1 fully saturated rings. The monoisotopic (exact) mass is 103 g/mol. The quantitative estimate of drug-likeness (QED) is 0.488. The summed E-state index contributed by atoms with van der Waals surface area (Å²) in [7, 11) is 0. The average Bonchev–Trinajstić information content (AvgIpc) is 1.86. The Hall–Kier alpha value is 0.0200. The smallest absolute Gasteiger partial charge is 0.0443 e. The Labute approximate surface area is 44.4 Å². The molecule has 1 N–H and O–H groups in total. The van der Waals surface area contributed by atoms with E-state index in [-0.39, 0.29) is 5.71 Å². The van der Waals surface area contributed by atoms with Crippen LogP contribution in [0.1, 0.15) is 9.16 Å². The Bertz CT molecular complexity index is 123. The molecule has 1 aliphatic rings. The van der Waals surface area contributed by atoms with Crippen LogP contribution in [0.4, 0.5) is 0 Å². The van der Waals surface area contributed by atoms with Crippen LogP contribution in [0.5, 0.6) is 0 Å². The van der Waals surface area contributed by atoms with E-state index >= 15 is 0 Å². The van der Waals surface area contributed by atoms with Crippen molar-refractivity contribution < 1.29 is 2.74 Å². The summed E-state index contributed by atoms with van der Waals surface area (Å²) < 4.78 is 14.2. The molecule has 1 nitrogen and oxygen atoms in total. The number of hydrogen-bond acceptors (Lipinski definition) is 2. The first-order chi connectivity index (χ1) is 3.63. The fourth-order valence-electron chi connectivity index (χ4n) is 0.342. The van der Waals surface area contributed by atoms with E-state index in [1.807, 2.05) is 0 Å². The third kappa shape index (κ3) is 0.744. The molecule has 0 amide bonds. The first-order valence-corrected chi connectivity index (χ1v) is 2.83. The van der Waals surface area contributed by atoms with Crippen molar-refractivity contribution in [2.24, 2.45) is 0 Å². The van der Waals surface area contributed by atoms with Crippen LogP contribution in [-0.2, 0) is 0 Å². The van der Waals surface area contributed by atoms with E-state index in [9.17, 15) is 0 Å². The zero-order chi connectivity index (χ0) is 6.20. The van der Waals surface area contributed by atoms with Crippen molar-refractivity contribution >= 4 is 17.5 Å². The maximum Gasteiger partial charge on any atom is 0.0443 e. The molecule has 0 spiro atoms. The van der Waals surface area contributed by atoms with Crippen molar-refractivity contribution in [3.63, 3.8) is 0 Å². The Morgan fingerprint density at radius 3 is 3.00 bits per heavy atom. The van der Waals surface area contributed by atoms with Gasteiger partial charge in [0.15, 0.2) is 0 Å². The Kier molecular flexibility index (Phi) is 0.647. The Morgan fingerprint density at radius 1 is 2.00 bits per heavy atom. The summed E-state index contributed by atoms with van der Waals surface area (Å²) in [6, 6.07) is 0. The molecule has 0 aromatic rings. The molecule has 0 saturated carbocycles. The molecular weight excluding hydrogens is 94.1 g/mol.